The van der Waals surface area contributed by atoms with Gasteiger partial charge in [-0.2, -0.15) is 0 Å². The van der Waals surface area contributed by atoms with Gasteiger partial charge in [-0.3, -0.25) is 0 Å². The summed E-state index contributed by atoms with van der Waals surface area (Å²) >= 11 is 0. The second-order valence-electron chi connectivity index (χ2n) is 6.50. The predicted molar refractivity (Wildman–Crippen MR) is 86.9 cm³/mol. The highest BCUT2D eigenvalue weighted by atomic mass is 16.7. The third kappa shape index (κ3) is 4.40. The summed E-state index contributed by atoms with van der Waals surface area (Å²) in [6.45, 7) is 0.747. The molecular formula is C15H32N4O4. The summed E-state index contributed by atoms with van der Waals surface area (Å²) in [5.74, 6) is 0. The quantitative estimate of drug-likeness (QED) is 0.383. The van der Waals surface area contributed by atoms with Gasteiger partial charge in [0.1, 0.15) is 6.10 Å². The number of aliphatic hydroxyl groups excluding tert-OH is 1. The van der Waals surface area contributed by atoms with Gasteiger partial charge in [-0.05, 0) is 33.4 Å². The molecule has 2 aliphatic rings. The van der Waals surface area contributed by atoms with Crippen LogP contribution in [0.1, 0.15) is 19.3 Å². The van der Waals surface area contributed by atoms with Crippen molar-refractivity contribution >= 4 is 0 Å². The SMILES string of the molecule is CNC[C@@H]1CC[C@@H](N)[C@@H](O[C@H]2[C@H](O)[C@H](NC)[C@@H](OC)C[C@@H]2N)O1. The molecule has 0 radical (unpaired) electrons. The average Bonchev–Trinajstić information content (AvgIpc) is 2.53. The lowest BCUT2D eigenvalue weighted by atomic mass is 9.84. The molecule has 8 atom stereocenters. The molecule has 136 valence electrons. The van der Waals surface area contributed by atoms with E-state index < -0.39 is 18.5 Å². The van der Waals surface area contributed by atoms with E-state index in [2.05, 4.69) is 10.6 Å². The van der Waals surface area contributed by atoms with Gasteiger partial charge in [-0.15, -0.1) is 0 Å². The molecule has 0 spiro atoms. The minimum Gasteiger partial charge on any atom is -0.389 e. The molecule has 8 nitrogen and oxygen atoms in total. The Balaban J connectivity index is 2.02. The number of nitrogens with two attached hydrogens (primary N) is 2. The fourth-order valence-corrected chi connectivity index (χ4v) is 3.55. The normalized spacial score (nSPS) is 45.1. The summed E-state index contributed by atoms with van der Waals surface area (Å²) in [6, 6.07) is -0.784. The number of nitrogens with one attached hydrogen (secondary N) is 2. The van der Waals surface area contributed by atoms with Crippen molar-refractivity contribution in [2.45, 2.75) is 68.1 Å². The topological polar surface area (TPSA) is 124 Å². The molecule has 1 aliphatic carbocycles. The Bertz CT molecular complexity index is 362. The highest BCUT2D eigenvalue weighted by molar-refractivity contribution is 5.00. The van der Waals surface area contributed by atoms with Crippen LogP contribution in [-0.4, -0.2) is 81.7 Å². The maximum Gasteiger partial charge on any atom is 0.173 e. The molecule has 0 bridgehead atoms. The molecular weight excluding hydrogens is 300 g/mol. The lowest BCUT2D eigenvalue weighted by molar-refractivity contribution is -0.250. The van der Waals surface area contributed by atoms with E-state index in [9.17, 15) is 5.11 Å². The molecule has 1 saturated heterocycles. The van der Waals surface area contributed by atoms with Crippen molar-refractivity contribution in [3.05, 3.63) is 0 Å². The Morgan fingerprint density at radius 2 is 1.96 bits per heavy atom. The van der Waals surface area contributed by atoms with Crippen molar-refractivity contribution < 1.29 is 19.3 Å². The summed E-state index contributed by atoms with van der Waals surface area (Å²) in [4.78, 5) is 0. The van der Waals surface area contributed by atoms with Crippen molar-refractivity contribution in [2.24, 2.45) is 11.5 Å². The van der Waals surface area contributed by atoms with E-state index in [1.807, 2.05) is 7.05 Å². The van der Waals surface area contributed by atoms with Crippen LogP contribution < -0.4 is 22.1 Å². The van der Waals surface area contributed by atoms with Gasteiger partial charge in [0, 0.05) is 19.7 Å². The zero-order valence-corrected chi connectivity index (χ0v) is 14.3. The number of rotatable bonds is 6. The third-order valence-electron chi connectivity index (χ3n) is 4.89. The molecule has 2 rings (SSSR count). The first-order valence-electron chi connectivity index (χ1n) is 8.36. The summed E-state index contributed by atoms with van der Waals surface area (Å²) in [6.07, 6.45) is 0.362. The van der Waals surface area contributed by atoms with Gasteiger partial charge in [0.2, 0.25) is 0 Å². The molecule has 0 aromatic heterocycles. The van der Waals surface area contributed by atoms with Crippen LogP contribution in [0.15, 0.2) is 0 Å². The Morgan fingerprint density at radius 1 is 1.22 bits per heavy atom. The van der Waals surface area contributed by atoms with Gasteiger partial charge in [-0.1, -0.05) is 0 Å². The number of ether oxygens (including phenoxy) is 3. The van der Waals surface area contributed by atoms with Crippen LogP contribution in [0.25, 0.3) is 0 Å². The summed E-state index contributed by atoms with van der Waals surface area (Å²) < 4.78 is 17.4. The smallest absolute Gasteiger partial charge is 0.173 e. The average molecular weight is 332 g/mol. The van der Waals surface area contributed by atoms with Crippen molar-refractivity contribution in [3.63, 3.8) is 0 Å². The van der Waals surface area contributed by atoms with E-state index in [1.165, 1.54) is 0 Å². The van der Waals surface area contributed by atoms with E-state index in [-0.39, 0.29) is 30.3 Å². The first-order valence-corrected chi connectivity index (χ1v) is 8.36. The lowest BCUT2D eigenvalue weighted by Crippen LogP contribution is -2.65. The first-order chi connectivity index (χ1) is 11.0. The van der Waals surface area contributed by atoms with Crippen LogP contribution in [0.3, 0.4) is 0 Å². The van der Waals surface area contributed by atoms with Crippen LogP contribution in [0.5, 0.6) is 0 Å². The Hall–Kier alpha value is -0.320. The van der Waals surface area contributed by atoms with Crippen molar-refractivity contribution in [1.29, 1.82) is 0 Å². The Labute approximate surface area is 138 Å². The molecule has 8 heteroatoms. The third-order valence-corrected chi connectivity index (χ3v) is 4.89. The molecule has 1 saturated carbocycles. The van der Waals surface area contributed by atoms with Gasteiger partial charge in [0.15, 0.2) is 6.29 Å². The second kappa shape index (κ2) is 8.68. The largest absolute Gasteiger partial charge is 0.389 e. The Morgan fingerprint density at radius 3 is 2.57 bits per heavy atom. The second-order valence-corrected chi connectivity index (χ2v) is 6.50. The van der Waals surface area contributed by atoms with E-state index in [0.29, 0.717) is 6.42 Å². The van der Waals surface area contributed by atoms with Crippen molar-refractivity contribution in [1.82, 2.24) is 10.6 Å². The van der Waals surface area contributed by atoms with Gasteiger partial charge in [0.25, 0.3) is 0 Å². The van der Waals surface area contributed by atoms with Gasteiger partial charge >= 0.3 is 0 Å². The summed E-state index contributed by atoms with van der Waals surface area (Å²) in [5.41, 5.74) is 12.3. The van der Waals surface area contributed by atoms with Crippen LogP contribution in [0, 0.1) is 0 Å². The zero-order valence-electron chi connectivity index (χ0n) is 14.3. The molecule has 23 heavy (non-hydrogen) atoms. The van der Waals surface area contributed by atoms with Crippen molar-refractivity contribution in [3.8, 4) is 0 Å². The minimum absolute atomic E-state index is 0.0635. The lowest BCUT2D eigenvalue weighted by Gasteiger charge is -2.45. The highest BCUT2D eigenvalue weighted by Crippen LogP contribution is 2.27. The molecule has 7 N–H and O–H groups in total. The molecule has 0 amide bonds. The maximum absolute atomic E-state index is 10.6. The van der Waals surface area contributed by atoms with Crippen LogP contribution in [0.2, 0.25) is 0 Å². The maximum atomic E-state index is 10.6. The van der Waals surface area contributed by atoms with Crippen LogP contribution in [0.4, 0.5) is 0 Å². The first kappa shape index (κ1) is 19.0. The molecule has 0 unspecified atom stereocenters. The number of methoxy groups -OCH3 is 1. The molecule has 2 fully saturated rings. The van der Waals surface area contributed by atoms with E-state index >= 15 is 0 Å². The zero-order chi connectivity index (χ0) is 17.0. The van der Waals surface area contributed by atoms with Crippen LogP contribution >= 0.6 is 0 Å². The van der Waals surface area contributed by atoms with Crippen LogP contribution in [-0.2, 0) is 14.2 Å². The highest BCUT2D eigenvalue weighted by Gasteiger charge is 2.45. The fraction of sp³-hybridized carbons (Fsp3) is 1.00. The molecule has 1 aliphatic heterocycles. The van der Waals surface area contributed by atoms with Gasteiger partial charge in [-0.25, -0.2) is 0 Å². The summed E-state index contributed by atoms with van der Waals surface area (Å²) in [5, 5.41) is 16.8. The number of aliphatic hydroxyl groups is 1. The number of hydrogen-bond donors (Lipinski definition) is 5. The van der Waals surface area contributed by atoms with E-state index in [0.717, 1.165) is 19.4 Å². The molecule has 0 aromatic rings. The predicted octanol–water partition coefficient (Wildman–Crippen LogP) is -1.88. The van der Waals surface area contributed by atoms with Gasteiger partial charge in [0.05, 0.1) is 30.4 Å². The van der Waals surface area contributed by atoms with Crippen molar-refractivity contribution in [2.75, 3.05) is 27.7 Å². The molecule has 0 aromatic carbocycles. The monoisotopic (exact) mass is 332 g/mol. The number of likely N-dealkylation sites (N-methyl/N-ethyl adjacent to an activating group) is 2. The fourth-order valence-electron chi connectivity index (χ4n) is 3.55. The minimum atomic E-state index is -0.783. The number of hydrogen-bond acceptors (Lipinski definition) is 8. The Kier molecular flexibility index (Phi) is 7.18. The molecule has 1 heterocycles. The van der Waals surface area contributed by atoms with Gasteiger partial charge < -0.3 is 41.4 Å². The van der Waals surface area contributed by atoms with E-state index in [4.69, 9.17) is 25.7 Å². The summed E-state index contributed by atoms with van der Waals surface area (Å²) in [7, 11) is 5.30. The van der Waals surface area contributed by atoms with E-state index in [1.54, 1.807) is 14.2 Å². The standard InChI is InChI=1S/C15H32N4O4/c1-18-7-8-4-5-9(16)15(22-8)23-14-10(17)6-11(21-3)12(19-2)13(14)20/h8-15,18-20H,4-7,16-17H2,1-3H3/t8-,9+,10-,11-,12+,13+,14+,15+/m0/s1.